The van der Waals surface area contributed by atoms with Crippen LogP contribution >= 0.6 is 0 Å². The Bertz CT molecular complexity index is 449. The van der Waals surface area contributed by atoms with Crippen molar-refractivity contribution in [3.05, 3.63) is 17.8 Å². The van der Waals surface area contributed by atoms with Crippen LogP contribution in [0.25, 0.3) is 0 Å². The Morgan fingerprint density at radius 1 is 1.35 bits per heavy atom. The zero-order chi connectivity index (χ0) is 14.6. The van der Waals surface area contributed by atoms with E-state index in [4.69, 9.17) is 5.73 Å². The summed E-state index contributed by atoms with van der Waals surface area (Å²) in [5.41, 5.74) is 6.07. The molecule has 1 saturated carbocycles. The third-order valence-corrected chi connectivity index (χ3v) is 4.05. The number of aromatic nitrogens is 2. The summed E-state index contributed by atoms with van der Waals surface area (Å²) in [5, 5.41) is 10.6. The molecule has 0 aliphatic heterocycles. The molecule has 1 aliphatic rings. The second kappa shape index (κ2) is 6.20. The number of carbonyl (C=O) groups is 1. The molecule has 0 aromatic carbocycles. The van der Waals surface area contributed by atoms with Gasteiger partial charge in [0.2, 0.25) is 0 Å². The summed E-state index contributed by atoms with van der Waals surface area (Å²) in [6.07, 6.45) is 6.12. The van der Waals surface area contributed by atoms with Crippen LogP contribution in [0.15, 0.2) is 12.1 Å². The fraction of sp³-hybridized carbons (Fsp3) is 0.667. The maximum Gasteiger partial charge on any atom is 0.271 e. The first-order chi connectivity index (χ1) is 9.51. The zero-order valence-electron chi connectivity index (χ0n) is 12.4. The fourth-order valence-electron chi connectivity index (χ4n) is 3.27. The average molecular weight is 276 g/mol. The van der Waals surface area contributed by atoms with Crippen LogP contribution in [0, 0.1) is 11.3 Å². The Morgan fingerprint density at radius 3 is 2.60 bits per heavy atom. The van der Waals surface area contributed by atoms with E-state index in [0.717, 1.165) is 6.54 Å². The molecule has 0 saturated heterocycles. The van der Waals surface area contributed by atoms with Gasteiger partial charge in [0.05, 0.1) is 0 Å². The fourth-order valence-corrected chi connectivity index (χ4v) is 3.27. The molecule has 1 aliphatic carbocycles. The Labute approximate surface area is 120 Å². The molecule has 0 spiro atoms. The second-order valence-corrected chi connectivity index (χ2v) is 6.33. The van der Waals surface area contributed by atoms with Crippen LogP contribution in [0.4, 0.5) is 5.82 Å². The molecule has 0 radical (unpaired) electrons. The monoisotopic (exact) mass is 276 g/mol. The van der Waals surface area contributed by atoms with Crippen molar-refractivity contribution in [3.8, 4) is 0 Å². The van der Waals surface area contributed by atoms with E-state index in [0.29, 0.717) is 17.4 Å². The number of nitrogens with zero attached hydrogens (tertiary/aromatic N) is 2. The number of nitrogens with two attached hydrogens (primary N) is 1. The number of nitrogen functional groups attached to an aromatic ring is 1. The van der Waals surface area contributed by atoms with Gasteiger partial charge in [-0.3, -0.25) is 4.79 Å². The highest BCUT2D eigenvalue weighted by atomic mass is 16.1. The second-order valence-electron chi connectivity index (χ2n) is 6.33. The van der Waals surface area contributed by atoms with Crippen LogP contribution < -0.4 is 11.1 Å². The molecule has 1 heterocycles. The summed E-state index contributed by atoms with van der Waals surface area (Å²) in [6.45, 7) is 5.22. The van der Waals surface area contributed by atoms with Gasteiger partial charge in [0.25, 0.3) is 5.91 Å². The van der Waals surface area contributed by atoms with Gasteiger partial charge in [0.1, 0.15) is 5.82 Å². The number of rotatable bonds is 5. The first-order valence-corrected chi connectivity index (χ1v) is 7.38. The van der Waals surface area contributed by atoms with Crippen molar-refractivity contribution >= 4 is 11.7 Å². The molecule has 0 unspecified atom stereocenters. The molecule has 2 rings (SSSR count). The van der Waals surface area contributed by atoms with Gasteiger partial charge in [-0.1, -0.05) is 26.7 Å². The smallest absolute Gasteiger partial charge is 0.271 e. The molecule has 5 heteroatoms. The standard InChI is InChI=1S/C15H24N4O/c1-11(2)9-15(7-3-4-8-15)10-17-14(20)12-5-6-13(16)19-18-12/h5-6,11H,3-4,7-10H2,1-2H3,(H2,16,19)(H,17,20). The summed E-state index contributed by atoms with van der Waals surface area (Å²) in [5.74, 6) is 0.822. The number of amides is 1. The SMILES string of the molecule is CC(C)CC1(CNC(=O)c2ccc(N)nn2)CCCC1. The molecule has 1 aromatic heterocycles. The Morgan fingerprint density at radius 2 is 2.05 bits per heavy atom. The first-order valence-electron chi connectivity index (χ1n) is 7.38. The van der Waals surface area contributed by atoms with Crippen LogP contribution in [0.5, 0.6) is 0 Å². The highest BCUT2D eigenvalue weighted by molar-refractivity contribution is 5.92. The average Bonchev–Trinajstić information content (AvgIpc) is 2.85. The van der Waals surface area contributed by atoms with Crippen LogP contribution in [0.3, 0.4) is 0 Å². The minimum Gasteiger partial charge on any atom is -0.382 e. The van der Waals surface area contributed by atoms with E-state index in [1.165, 1.54) is 32.1 Å². The van der Waals surface area contributed by atoms with Crippen molar-refractivity contribution in [3.63, 3.8) is 0 Å². The number of anilines is 1. The van der Waals surface area contributed by atoms with E-state index < -0.39 is 0 Å². The molecular formula is C15H24N4O. The summed E-state index contributed by atoms with van der Waals surface area (Å²) in [6, 6.07) is 3.21. The maximum absolute atomic E-state index is 12.1. The quantitative estimate of drug-likeness (QED) is 0.865. The molecule has 0 bridgehead atoms. The molecule has 0 atom stereocenters. The van der Waals surface area contributed by atoms with E-state index in [1.807, 2.05) is 0 Å². The lowest BCUT2D eigenvalue weighted by atomic mass is 9.78. The largest absolute Gasteiger partial charge is 0.382 e. The molecule has 1 fully saturated rings. The van der Waals surface area contributed by atoms with Gasteiger partial charge in [-0.05, 0) is 42.7 Å². The third-order valence-electron chi connectivity index (χ3n) is 4.05. The maximum atomic E-state index is 12.1. The normalized spacial score (nSPS) is 17.4. The van der Waals surface area contributed by atoms with Crippen LogP contribution in [0.1, 0.15) is 56.4 Å². The summed E-state index contributed by atoms with van der Waals surface area (Å²) in [4.78, 5) is 12.1. The Balaban J connectivity index is 1.95. The lowest BCUT2D eigenvalue weighted by Crippen LogP contribution is -2.37. The third kappa shape index (κ3) is 3.68. The van der Waals surface area contributed by atoms with Gasteiger partial charge < -0.3 is 11.1 Å². The number of hydrogen-bond acceptors (Lipinski definition) is 4. The van der Waals surface area contributed by atoms with Crippen LogP contribution in [-0.4, -0.2) is 22.6 Å². The Kier molecular flexibility index (Phi) is 4.57. The van der Waals surface area contributed by atoms with E-state index in [-0.39, 0.29) is 11.3 Å². The summed E-state index contributed by atoms with van der Waals surface area (Å²) in [7, 11) is 0. The number of hydrogen-bond donors (Lipinski definition) is 2. The molecule has 110 valence electrons. The Hall–Kier alpha value is -1.65. The van der Waals surface area contributed by atoms with Crippen LogP contribution in [-0.2, 0) is 0 Å². The van der Waals surface area contributed by atoms with Gasteiger partial charge in [-0.2, -0.15) is 0 Å². The highest BCUT2D eigenvalue weighted by Crippen LogP contribution is 2.42. The molecule has 5 nitrogen and oxygen atoms in total. The van der Waals surface area contributed by atoms with E-state index in [1.54, 1.807) is 12.1 Å². The number of nitrogens with one attached hydrogen (secondary N) is 1. The van der Waals surface area contributed by atoms with Crippen molar-refractivity contribution in [1.82, 2.24) is 15.5 Å². The van der Waals surface area contributed by atoms with Gasteiger partial charge in [-0.25, -0.2) is 0 Å². The summed E-state index contributed by atoms with van der Waals surface area (Å²) < 4.78 is 0. The topological polar surface area (TPSA) is 80.9 Å². The highest BCUT2D eigenvalue weighted by Gasteiger charge is 2.34. The van der Waals surface area contributed by atoms with Crippen molar-refractivity contribution in [2.24, 2.45) is 11.3 Å². The van der Waals surface area contributed by atoms with E-state index in [9.17, 15) is 4.79 Å². The van der Waals surface area contributed by atoms with Gasteiger partial charge >= 0.3 is 0 Å². The predicted octanol–water partition coefficient (Wildman–Crippen LogP) is 2.40. The molecular weight excluding hydrogens is 252 g/mol. The van der Waals surface area contributed by atoms with Crippen LogP contribution in [0.2, 0.25) is 0 Å². The molecule has 1 amide bonds. The van der Waals surface area contributed by atoms with Gasteiger partial charge in [-0.15, -0.1) is 10.2 Å². The lowest BCUT2D eigenvalue weighted by Gasteiger charge is -2.31. The molecule has 20 heavy (non-hydrogen) atoms. The first kappa shape index (κ1) is 14.8. The van der Waals surface area contributed by atoms with E-state index in [2.05, 4.69) is 29.4 Å². The van der Waals surface area contributed by atoms with E-state index >= 15 is 0 Å². The van der Waals surface area contributed by atoms with Gasteiger partial charge in [0, 0.05) is 6.54 Å². The predicted molar refractivity (Wildman–Crippen MR) is 79.1 cm³/mol. The lowest BCUT2D eigenvalue weighted by molar-refractivity contribution is 0.0916. The van der Waals surface area contributed by atoms with Crippen molar-refractivity contribution < 1.29 is 4.79 Å². The minimum atomic E-state index is -0.160. The van der Waals surface area contributed by atoms with Crippen molar-refractivity contribution in [1.29, 1.82) is 0 Å². The summed E-state index contributed by atoms with van der Waals surface area (Å²) >= 11 is 0. The zero-order valence-corrected chi connectivity index (χ0v) is 12.4. The van der Waals surface area contributed by atoms with Gasteiger partial charge in [0.15, 0.2) is 5.69 Å². The van der Waals surface area contributed by atoms with Crippen molar-refractivity contribution in [2.75, 3.05) is 12.3 Å². The molecule has 1 aromatic rings. The molecule has 3 N–H and O–H groups in total. The minimum absolute atomic E-state index is 0.160. The van der Waals surface area contributed by atoms with Crippen molar-refractivity contribution in [2.45, 2.75) is 46.0 Å². The number of carbonyl (C=O) groups excluding carboxylic acids is 1.